The van der Waals surface area contributed by atoms with Gasteiger partial charge in [0.1, 0.15) is 0 Å². The van der Waals surface area contributed by atoms with Crippen LogP contribution in [0.4, 0.5) is 0 Å². The van der Waals surface area contributed by atoms with Crippen molar-refractivity contribution in [3.63, 3.8) is 0 Å². The number of nitrogens with two attached hydrogens (primary N) is 1. The van der Waals surface area contributed by atoms with Crippen LogP contribution in [-0.4, -0.2) is 24.4 Å². The summed E-state index contributed by atoms with van der Waals surface area (Å²) in [6.07, 6.45) is 2.98. The number of primary amides is 1. The smallest absolute Gasteiger partial charge is 0.237 e. The number of halogens is 2. The molecule has 1 heterocycles. The van der Waals surface area contributed by atoms with Crippen LogP contribution >= 0.6 is 24.0 Å². The van der Waals surface area contributed by atoms with Gasteiger partial charge in [0.05, 0.1) is 18.5 Å². The zero-order valence-electron chi connectivity index (χ0n) is 12.2. The fourth-order valence-corrected chi connectivity index (χ4v) is 2.72. The van der Waals surface area contributed by atoms with E-state index in [1.807, 2.05) is 6.07 Å². The molecule has 4 N–H and O–H groups in total. The third kappa shape index (κ3) is 5.48. The molecule has 5 nitrogen and oxygen atoms in total. The SMILES string of the molecule is Cl.NC(=O)C[C@@H](NC(=O)[C@H]1CCCCN1)c1cccc(Cl)c1. The lowest BCUT2D eigenvalue weighted by molar-refractivity contribution is -0.125. The first-order chi connectivity index (χ1) is 10.1. The zero-order chi connectivity index (χ0) is 15.2. The number of benzene rings is 1. The second kappa shape index (κ2) is 8.98. The summed E-state index contributed by atoms with van der Waals surface area (Å²) in [5.74, 6) is -0.558. The predicted molar refractivity (Wildman–Crippen MR) is 89.0 cm³/mol. The zero-order valence-corrected chi connectivity index (χ0v) is 13.8. The van der Waals surface area contributed by atoms with Gasteiger partial charge in [-0.05, 0) is 37.1 Å². The van der Waals surface area contributed by atoms with Gasteiger partial charge < -0.3 is 16.4 Å². The van der Waals surface area contributed by atoms with Gasteiger partial charge >= 0.3 is 0 Å². The van der Waals surface area contributed by atoms with Gasteiger partial charge in [-0.3, -0.25) is 9.59 Å². The van der Waals surface area contributed by atoms with E-state index in [2.05, 4.69) is 10.6 Å². The van der Waals surface area contributed by atoms with Gasteiger partial charge in [0.2, 0.25) is 11.8 Å². The molecule has 2 rings (SSSR count). The van der Waals surface area contributed by atoms with E-state index in [0.29, 0.717) is 5.02 Å². The van der Waals surface area contributed by atoms with E-state index in [1.165, 1.54) is 0 Å². The molecular weight excluding hydrogens is 325 g/mol. The molecular formula is C15H21Cl2N3O2. The molecule has 7 heteroatoms. The fourth-order valence-electron chi connectivity index (χ4n) is 2.52. The average Bonchev–Trinajstić information content (AvgIpc) is 2.47. The van der Waals surface area contributed by atoms with Crippen LogP contribution < -0.4 is 16.4 Å². The number of hydrogen-bond donors (Lipinski definition) is 3. The molecule has 1 saturated heterocycles. The highest BCUT2D eigenvalue weighted by Gasteiger charge is 2.24. The predicted octanol–water partition coefficient (Wildman–Crippen LogP) is 1.94. The highest BCUT2D eigenvalue weighted by atomic mass is 35.5. The maximum Gasteiger partial charge on any atom is 0.237 e. The first-order valence-corrected chi connectivity index (χ1v) is 7.51. The molecule has 0 aliphatic carbocycles. The normalized spacial score (nSPS) is 18.9. The first-order valence-electron chi connectivity index (χ1n) is 7.14. The number of carbonyl (C=O) groups is 2. The topological polar surface area (TPSA) is 84.2 Å². The number of nitrogens with one attached hydrogen (secondary N) is 2. The van der Waals surface area contributed by atoms with Crippen molar-refractivity contribution in [2.75, 3.05) is 6.54 Å². The summed E-state index contributed by atoms with van der Waals surface area (Å²) in [4.78, 5) is 23.5. The molecule has 0 radical (unpaired) electrons. The summed E-state index contributed by atoms with van der Waals surface area (Å²) >= 11 is 5.97. The minimum absolute atomic E-state index is 0. The van der Waals surface area contributed by atoms with Gasteiger partial charge in [0.15, 0.2) is 0 Å². The van der Waals surface area contributed by atoms with Crippen molar-refractivity contribution in [3.05, 3.63) is 34.9 Å². The molecule has 0 saturated carbocycles. The molecule has 0 aromatic heterocycles. The minimum atomic E-state index is -0.461. The monoisotopic (exact) mass is 345 g/mol. The van der Waals surface area contributed by atoms with Crippen molar-refractivity contribution in [2.45, 2.75) is 37.8 Å². The third-order valence-corrected chi connectivity index (χ3v) is 3.83. The third-order valence-electron chi connectivity index (χ3n) is 3.60. The van der Waals surface area contributed by atoms with E-state index >= 15 is 0 Å². The Kier molecular flexibility index (Phi) is 7.65. The highest BCUT2D eigenvalue weighted by Crippen LogP contribution is 2.21. The molecule has 1 aromatic rings. The quantitative estimate of drug-likeness (QED) is 0.762. The number of piperidine rings is 1. The van der Waals surface area contributed by atoms with Crippen LogP contribution in [0.3, 0.4) is 0 Å². The summed E-state index contributed by atoms with van der Waals surface area (Å²) in [6, 6.07) is 6.46. The van der Waals surface area contributed by atoms with Crippen molar-refractivity contribution in [2.24, 2.45) is 5.73 Å². The highest BCUT2D eigenvalue weighted by molar-refractivity contribution is 6.30. The first kappa shape index (κ1) is 18.7. The van der Waals surface area contributed by atoms with Gasteiger partial charge in [-0.15, -0.1) is 12.4 Å². The van der Waals surface area contributed by atoms with Gasteiger partial charge in [0, 0.05) is 5.02 Å². The summed E-state index contributed by atoms with van der Waals surface area (Å²) in [5.41, 5.74) is 6.07. The molecule has 122 valence electrons. The largest absolute Gasteiger partial charge is 0.370 e. The van der Waals surface area contributed by atoms with Crippen molar-refractivity contribution in [1.82, 2.24) is 10.6 Å². The maximum absolute atomic E-state index is 12.3. The van der Waals surface area contributed by atoms with E-state index in [9.17, 15) is 9.59 Å². The van der Waals surface area contributed by atoms with Crippen LogP contribution in [-0.2, 0) is 9.59 Å². The Balaban J connectivity index is 0.00000242. The summed E-state index contributed by atoms with van der Waals surface area (Å²) < 4.78 is 0. The molecule has 1 fully saturated rings. The van der Waals surface area contributed by atoms with Crippen molar-refractivity contribution in [3.8, 4) is 0 Å². The second-order valence-electron chi connectivity index (χ2n) is 5.29. The Morgan fingerprint density at radius 3 is 2.77 bits per heavy atom. The Bertz CT molecular complexity index is 519. The van der Waals surface area contributed by atoms with Gasteiger partial charge in [-0.1, -0.05) is 30.2 Å². The number of amides is 2. The molecule has 1 aromatic carbocycles. The maximum atomic E-state index is 12.3. The number of rotatable bonds is 5. The number of carbonyl (C=O) groups excluding carboxylic acids is 2. The van der Waals surface area contributed by atoms with Gasteiger partial charge in [-0.2, -0.15) is 0 Å². The van der Waals surface area contributed by atoms with Crippen LogP contribution in [0.25, 0.3) is 0 Å². The molecule has 2 atom stereocenters. The summed E-state index contributed by atoms with van der Waals surface area (Å²) in [5, 5.41) is 6.65. The summed E-state index contributed by atoms with van der Waals surface area (Å²) in [6.45, 7) is 0.843. The van der Waals surface area contributed by atoms with Crippen molar-refractivity contribution < 1.29 is 9.59 Å². The second-order valence-corrected chi connectivity index (χ2v) is 5.73. The molecule has 2 amide bonds. The van der Waals surface area contributed by atoms with Crippen molar-refractivity contribution >= 4 is 35.8 Å². The van der Waals surface area contributed by atoms with Crippen LogP contribution in [0, 0.1) is 0 Å². The van der Waals surface area contributed by atoms with E-state index < -0.39 is 11.9 Å². The molecule has 1 aliphatic rings. The Labute approximate surface area is 141 Å². The summed E-state index contributed by atoms with van der Waals surface area (Å²) in [7, 11) is 0. The van der Waals surface area contributed by atoms with E-state index in [0.717, 1.165) is 31.4 Å². The minimum Gasteiger partial charge on any atom is -0.370 e. The Morgan fingerprint density at radius 1 is 1.41 bits per heavy atom. The number of hydrogen-bond acceptors (Lipinski definition) is 3. The molecule has 0 unspecified atom stereocenters. The fraction of sp³-hybridized carbons (Fsp3) is 0.467. The van der Waals surface area contributed by atoms with Gasteiger partial charge in [0.25, 0.3) is 0 Å². The lowest BCUT2D eigenvalue weighted by Crippen LogP contribution is -2.48. The standard InChI is InChI=1S/C15H20ClN3O2.ClH/c16-11-5-3-4-10(8-11)13(9-14(17)20)19-15(21)12-6-1-2-7-18-12;/h3-5,8,12-13,18H,1-2,6-7,9H2,(H2,17,20)(H,19,21);1H/t12-,13-;/m1./s1. The average molecular weight is 346 g/mol. The van der Waals surface area contributed by atoms with Crippen LogP contribution in [0.2, 0.25) is 5.02 Å². The molecule has 0 spiro atoms. The van der Waals surface area contributed by atoms with Crippen LogP contribution in [0.15, 0.2) is 24.3 Å². The van der Waals surface area contributed by atoms with E-state index in [1.54, 1.807) is 18.2 Å². The molecule has 0 bridgehead atoms. The molecule has 1 aliphatic heterocycles. The van der Waals surface area contributed by atoms with Crippen LogP contribution in [0.1, 0.15) is 37.3 Å². The Morgan fingerprint density at radius 2 is 2.18 bits per heavy atom. The lowest BCUT2D eigenvalue weighted by Gasteiger charge is -2.26. The molecule has 22 heavy (non-hydrogen) atoms. The van der Waals surface area contributed by atoms with E-state index in [-0.39, 0.29) is 30.8 Å². The van der Waals surface area contributed by atoms with Gasteiger partial charge in [-0.25, -0.2) is 0 Å². The van der Waals surface area contributed by atoms with Crippen molar-refractivity contribution in [1.29, 1.82) is 0 Å². The Hall–Kier alpha value is -1.30. The van der Waals surface area contributed by atoms with Crippen LogP contribution in [0.5, 0.6) is 0 Å². The van der Waals surface area contributed by atoms with E-state index in [4.69, 9.17) is 17.3 Å². The lowest BCUT2D eigenvalue weighted by atomic mass is 10.0.